The zero-order valence-corrected chi connectivity index (χ0v) is 11.2. The van der Waals surface area contributed by atoms with Gasteiger partial charge in [-0.2, -0.15) is 0 Å². The molecule has 106 valence electrons. The van der Waals surface area contributed by atoms with Gasteiger partial charge in [-0.15, -0.1) is 0 Å². The number of carbonyl (C=O) groups excluding carboxylic acids is 1. The second-order valence-electron chi connectivity index (χ2n) is 5.22. The van der Waals surface area contributed by atoms with Crippen LogP contribution < -0.4 is 0 Å². The molecule has 1 aliphatic heterocycles. The molecule has 20 heavy (non-hydrogen) atoms. The Hall–Kier alpha value is -1.88. The number of aryl methyl sites for hydroxylation is 1. The van der Waals surface area contributed by atoms with Crippen LogP contribution in [0.25, 0.3) is 11.0 Å². The van der Waals surface area contributed by atoms with E-state index in [0.717, 1.165) is 0 Å². The molecule has 1 N–H and O–H groups in total. The van der Waals surface area contributed by atoms with Gasteiger partial charge in [0.1, 0.15) is 11.4 Å². The molecule has 0 radical (unpaired) electrons. The molecule has 3 rings (SSSR count). The predicted molar refractivity (Wildman–Crippen MR) is 72.1 cm³/mol. The molecular formula is C15H16FNO3. The van der Waals surface area contributed by atoms with Gasteiger partial charge in [0.05, 0.1) is 6.10 Å². The normalized spacial score (nSPS) is 16.9. The number of amides is 1. The van der Waals surface area contributed by atoms with E-state index in [1.54, 1.807) is 11.8 Å². The third kappa shape index (κ3) is 2.18. The van der Waals surface area contributed by atoms with Crippen LogP contribution in [0.4, 0.5) is 4.39 Å². The summed E-state index contributed by atoms with van der Waals surface area (Å²) < 4.78 is 18.8. The second kappa shape index (κ2) is 4.90. The van der Waals surface area contributed by atoms with Crippen molar-refractivity contribution >= 4 is 16.9 Å². The van der Waals surface area contributed by atoms with Gasteiger partial charge in [-0.1, -0.05) is 0 Å². The summed E-state index contributed by atoms with van der Waals surface area (Å²) in [5.74, 6) is -0.269. The minimum absolute atomic E-state index is 0.189. The Morgan fingerprint density at radius 1 is 1.40 bits per heavy atom. The number of halogens is 1. The molecule has 2 aromatic rings. The highest BCUT2D eigenvalue weighted by molar-refractivity contribution is 5.99. The molecule has 1 aromatic carbocycles. The highest BCUT2D eigenvalue weighted by atomic mass is 19.1. The Morgan fingerprint density at radius 3 is 2.80 bits per heavy atom. The summed E-state index contributed by atoms with van der Waals surface area (Å²) in [7, 11) is 0. The summed E-state index contributed by atoms with van der Waals surface area (Å²) in [6.45, 7) is 2.80. The Kier molecular flexibility index (Phi) is 3.22. The van der Waals surface area contributed by atoms with Crippen LogP contribution in [0.3, 0.4) is 0 Å². The summed E-state index contributed by atoms with van der Waals surface area (Å²) in [5.41, 5.74) is 1.18. The van der Waals surface area contributed by atoms with E-state index >= 15 is 0 Å². The van der Waals surface area contributed by atoms with Crippen LogP contribution in [0.2, 0.25) is 0 Å². The molecule has 5 heteroatoms. The van der Waals surface area contributed by atoms with Crippen molar-refractivity contribution in [1.82, 2.24) is 4.90 Å². The van der Waals surface area contributed by atoms with E-state index < -0.39 is 0 Å². The molecule has 1 fully saturated rings. The molecule has 0 aliphatic carbocycles. The third-order valence-electron chi connectivity index (χ3n) is 3.84. The fraction of sp³-hybridized carbons (Fsp3) is 0.400. The average molecular weight is 277 g/mol. The number of rotatable bonds is 1. The van der Waals surface area contributed by atoms with Gasteiger partial charge in [-0.25, -0.2) is 4.39 Å². The summed E-state index contributed by atoms with van der Waals surface area (Å²) in [4.78, 5) is 14.1. The molecule has 0 bridgehead atoms. The van der Waals surface area contributed by atoms with E-state index in [4.69, 9.17) is 4.42 Å². The topological polar surface area (TPSA) is 53.7 Å². The van der Waals surface area contributed by atoms with Gasteiger partial charge in [0.15, 0.2) is 5.76 Å². The standard InChI is InChI=1S/C15H16FNO3/c1-9-12-8-10(16)2-3-13(12)20-14(9)15(19)17-6-4-11(18)5-7-17/h2-3,8,11,18H,4-7H2,1H3. The quantitative estimate of drug-likeness (QED) is 0.871. The maximum atomic E-state index is 13.3. The first-order valence-electron chi connectivity index (χ1n) is 6.72. The first-order valence-corrected chi connectivity index (χ1v) is 6.72. The number of aliphatic hydroxyl groups is 1. The number of hydrogen-bond acceptors (Lipinski definition) is 3. The highest BCUT2D eigenvalue weighted by Gasteiger charge is 2.26. The number of likely N-dealkylation sites (tertiary alicyclic amines) is 1. The van der Waals surface area contributed by atoms with Gasteiger partial charge < -0.3 is 14.4 Å². The monoisotopic (exact) mass is 277 g/mol. The van der Waals surface area contributed by atoms with Gasteiger partial charge in [0.25, 0.3) is 5.91 Å². The SMILES string of the molecule is Cc1c(C(=O)N2CCC(O)CC2)oc2ccc(F)cc12. The van der Waals surface area contributed by atoms with Gasteiger partial charge in [0.2, 0.25) is 0 Å². The van der Waals surface area contributed by atoms with E-state index in [0.29, 0.717) is 42.5 Å². The first kappa shape index (κ1) is 13.1. The Morgan fingerprint density at radius 2 is 2.10 bits per heavy atom. The molecule has 1 saturated heterocycles. The maximum absolute atomic E-state index is 13.3. The zero-order chi connectivity index (χ0) is 14.3. The van der Waals surface area contributed by atoms with E-state index in [1.165, 1.54) is 18.2 Å². The number of nitrogens with zero attached hydrogens (tertiary/aromatic N) is 1. The van der Waals surface area contributed by atoms with E-state index in [1.807, 2.05) is 0 Å². The van der Waals surface area contributed by atoms with Crippen LogP contribution >= 0.6 is 0 Å². The summed E-state index contributed by atoms with van der Waals surface area (Å²) >= 11 is 0. The number of benzene rings is 1. The van der Waals surface area contributed by atoms with Crippen molar-refractivity contribution in [3.05, 3.63) is 35.3 Å². The summed E-state index contributed by atoms with van der Waals surface area (Å²) in [6, 6.07) is 4.23. The lowest BCUT2D eigenvalue weighted by Gasteiger charge is -2.29. The Bertz CT molecular complexity index is 656. The van der Waals surface area contributed by atoms with E-state index in [-0.39, 0.29) is 23.6 Å². The van der Waals surface area contributed by atoms with Crippen LogP contribution in [0.1, 0.15) is 29.0 Å². The van der Waals surface area contributed by atoms with Gasteiger partial charge >= 0.3 is 0 Å². The lowest BCUT2D eigenvalue weighted by Crippen LogP contribution is -2.40. The highest BCUT2D eigenvalue weighted by Crippen LogP contribution is 2.27. The van der Waals surface area contributed by atoms with Crippen LogP contribution in [-0.2, 0) is 0 Å². The van der Waals surface area contributed by atoms with Crippen molar-refractivity contribution in [2.24, 2.45) is 0 Å². The molecule has 0 saturated carbocycles. The van der Waals surface area contributed by atoms with Crippen LogP contribution in [0.5, 0.6) is 0 Å². The van der Waals surface area contributed by atoms with Crippen molar-refractivity contribution in [3.63, 3.8) is 0 Å². The smallest absolute Gasteiger partial charge is 0.289 e. The van der Waals surface area contributed by atoms with Crippen molar-refractivity contribution in [3.8, 4) is 0 Å². The fourth-order valence-corrected chi connectivity index (χ4v) is 2.61. The Labute approximate surface area is 115 Å². The van der Waals surface area contributed by atoms with Crippen molar-refractivity contribution in [1.29, 1.82) is 0 Å². The van der Waals surface area contributed by atoms with Crippen molar-refractivity contribution in [2.75, 3.05) is 13.1 Å². The zero-order valence-electron chi connectivity index (χ0n) is 11.2. The molecule has 0 atom stereocenters. The lowest BCUT2D eigenvalue weighted by molar-refractivity contribution is 0.0521. The maximum Gasteiger partial charge on any atom is 0.289 e. The first-order chi connectivity index (χ1) is 9.56. The molecule has 0 spiro atoms. The molecule has 1 amide bonds. The van der Waals surface area contributed by atoms with Crippen LogP contribution in [0, 0.1) is 12.7 Å². The molecule has 1 aliphatic rings. The predicted octanol–water partition coefficient (Wildman–Crippen LogP) is 2.48. The van der Waals surface area contributed by atoms with Crippen LogP contribution in [0.15, 0.2) is 22.6 Å². The largest absolute Gasteiger partial charge is 0.451 e. The van der Waals surface area contributed by atoms with Gasteiger partial charge in [-0.05, 0) is 38.0 Å². The molecular weight excluding hydrogens is 261 g/mol. The van der Waals surface area contributed by atoms with Crippen molar-refractivity contribution < 1.29 is 18.7 Å². The number of piperidine rings is 1. The number of fused-ring (bicyclic) bond motifs is 1. The second-order valence-corrected chi connectivity index (χ2v) is 5.22. The van der Waals surface area contributed by atoms with Gasteiger partial charge in [-0.3, -0.25) is 4.79 Å². The molecule has 4 nitrogen and oxygen atoms in total. The van der Waals surface area contributed by atoms with E-state index in [9.17, 15) is 14.3 Å². The molecule has 1 aromatic heterocycles. The third-order valence-corrected chi connectivity index (χ3v) is 3.84. The molecule has 2 heterocycles. The fourth-order valence-electron chi connectivity index (χ4n) is 2.61. The minimum Gasteiger partial charge on any atom is -0.451 e. The average Bonchev–Trinajstić information content (AvgIpc) is 2.76. The van der Waals surface area contributed by atoms with Crippen LogP contribution in [-0.4, -0.2) is 35.1 Å². The molecule has 0 unspecified atom stereocenters. The van der Waals surface area contributed by atoms with Gasteiger partial charge in [0, 0.05) is 24.0 Å². The number of hydrogen-bond donors (Lipinski definition) is 1. The van der Waals surface area contributed by atoms with Crippen molar-refractivity contribution in [2.45, 2.75) is 25.9 Å². The lowest BCUT2D eigenvalue weighted by atomic mass is 10.1. The van der Waals surface area contributed by atoms with E-state index in [2.05, 4.69) is 0 Å². The minimum atomic E-state index is -0.346. The number of aliphatic hydroxyl groups excluding tert-OH is 1. The Balaban J connectivity index is 1.93. The number of furan rings is 1. The summed E-state index contributed by atoms with van der Waals surface area (Å²) in [5, 5.41) is 10.1. The number of carbonyl (C=O) groups is 1. The summed E-state index contributed by atoms with van der Waals surface area (Å²) in [6.07, 6.45) is 0.837.